The van der Waals surface area contributed by atoms with Gasteiger partial charge in [-0.15, -0.1) is 0 Å². The topological polar surface area (TPSA) is 119 Å². The van der Waals surface area contributed by atoms with Crippen LogP contribution in [0.25, 0.3) is 0 Å². The smallest absolute Gasteiger partial charge is 0.338 e. The number of rotatable bonds is 7. The fourth-order valence-electron chi connectivity index (χ4n) is 4.99. The molecule has 0 spiro atoms. The molecule has 1 N–H and O–H groups in total. The van der Waals surface area contributed by atoms with Crippen LogP contribution in [0.2, 0.25) is 0 Å². The van der Waals surface area contributed by atoms with E-state index in [0.29, 0.717) is 11.3 Å². The molecule has 2 aliphatic carbocycles. The zero-order chi connectivity index (χ0) is 23.9. The number of likely N-dealkylation sites (tertiary alicyclic amines) is 1. The first-order chi connectivity index (χ1) is 15.7. The largest absolute Gasteiger partial charge is 0.462 e. The lowest BCUT2D eigenvalue weighted by atomic mass is 9.81. The maximum atomic E-state index is 12.8. The SMILES string of the molecule is CCOC(=O)c1ccc(NC(=O)COC(=O)CN2C(=O)[C@@H]3[C@H]4C[C@@H]([C@H](Br)[C@H]4Br)[C@H]3C2=O)cc1. The third-order valence-corrected chi connectivity index (χ3v) is 9.62. The van der Waals surface area contributed by atoms with Gasteiger partial charge in [0.05, 0.1) is 24.0 Å². The molecule has 11 heteroatoms. The number of hydrogen-bond acceptors (Lipinski definition) is 7. The monoisotopic (exact) mass is 584 g/mol. The van der Waals surface area contributed by atoms with E-state index in [2.05, 4.69) is 37.2 Å². The molecule has 0 aromatic heterocycles. The Hall–Kier alpha value is -2.27. The number of esters is 2. The summed E-state index contributed by atoms with van der Waals surface area (Å²) in [5, 5.41) is 2.54. The van der Waals surface area contributed by atoms with E-state index >= 15 is 0 Å². The molecule has 3 amide bonds. The van der Waals surface area contributed by atoms with Crippen LogP contribution in [0.4, 0.5) is 5.69 Å². The molecule has 1 heterocycles. The molecule has 0 radical (unpaired) electrons. The van der Waals surface area contributed by atoms with Gasteiger partial charge in [0.2, 0.25) is 11.8 Å². The van der Waals surface area contributed by atoms with Crippen molar-refractivity contribution < 1.29 is 33.4 Å². The van der Waals surface area contributed by atoms with Gasteiger partial charge in [0.25, 0.3) is 5.91 Å². The van der Waals surface area contributed by atoms with Crippen LogP contribution in [0.1, 0.15) is 23.7 Å². The number of nitrogens with zero attached hydrogens (tertiary/aromatic N) is 1. The van der Waals surface area contributed by atoms with Crippen LogP contribution in [-0.2, 0) is 28.7 Å². The van der Waals surface area contributed by atoms with Crippen LogP contribution in [0.5, 0.6) is 0 Å². The van der Waals surface area contributed by atoms with E-state index in [4.69, 9.17) is 9.47 Å². The minimum Gasteiger partial charge on any atom is -0.462 e. The molecule has 3 fully saturated rings. The summed E-state index contributed by atoms with van der Waals surface area (Å²) in [6.07, 6.45) is 0.803. The van der Waals surface area contributed by atoms with E-state index in [1.807, 2.05) is 0 Å². The molecule has 2 saturated carbocycles. The van der Waals surface area contributed by atoms with E-state index in [1.54, 1.807) is 6.92 Å². The zero-order valence-corrected chi connectivity index (χ0v) is 20.8. The van der Waals surface area contributed by atoms with Gasteiger partial charge in [0, 0.05) is 15.3 Å². The van der Waals surface area contributed by atoms with Crippen molar-refractivity contribution in [1.29, 1.82) is 0 Å². The van der Waals surface area contributed by atoms with Gasteiger partial charge in [0.1, 0.15) is 6.54 Å². The summed E-state index contributed by atoms with van der Waals surface area (Å²) in [6.45, 7) is 0.884. The lowest BCUT2D eigenvalue weighted by Crippen LogP contribution is -2.38. The van der Waals surface area contributed by atoms with Gasteiger partial charge in [0.15, 0.2) is 6.61 Å². The van der Waals surface area contributed by atoms with E-state index in [0.717, 1.165) is 11.3 Å². The predicted octanol–water partition coefficient (Wildman–Crippen LogP) is 2.12. The van der Waals surface area contributed by atoms with Crippen molar-refractivity contribution in [3.8, 4) is 0 Å². The highest BCUT2D eigenvalue weighted by atomic mass is 79.9. The summed E-state index contributed by atoms with van der Waals surface area (Å²) in [7, 11) is 0. The molecule has 33 heavy (non-hydrogen) atoms. The molecule has 9 nitrogen and oxygen atoms in total. The van der Waals surface area contributed by atoms with Crippen LogP contribution in [0.15, 0.2) is 24.3 Å². The fourth-order valence-corrected chi connectivity index (χ4v) is 6.86. The molecule has 1 aromatic rings. The van der Waals surface area contributed by atoms with Gasteiger partial charge in [-0.05, 0) is 49.4 Å². The maximum absolute atomic E-state index is 12.8. The van der Waals surface area contributed by atoms with Gasteiger partial charge < -0.3 is 14.8 Å². The lowest BCUT2D eigenvalue weighted by molar-refractivity contribution is -0.154. The first kappa shape index (κ1) is 23.9. The number of imide groups is 1. The van der Waals surface area contributed by atoms with E-state index < -0.39 is 42.8 Å². The molecular formula is C22H22Br2N2O7. The Morgan fingerprint density at radius 1 is 1.00 bits per heavy atom. The Labute approximate surface area is 206 Å². The number of nitrogens with one attached hydrogen (secondary N) is 1. The van der Waals surface area contributed by atoms with Crippen LogP contribution in [-0.4, -0.2) is 64.0 Å². The van der Waals surface area contributed by atoms with Crippen molar-refractivity contribution in [2.45, 2.75) is 23.0 Å². The number of carbonyl (C=O) groups is 5. The first-order valence-electron chi connectivity index (χ1n) is 10.6. The summed E-state index contributed by atoms with van der Waals surface area (Å²) in [5.74, 6) is -3.28. The quantitative estimate of drug-likeness (QED) is 0.296. The number of amides is 3. The maximum Gasteiger partial charge on any atom is 0.338 e. The summed E-state index contributed by atoms with van der Waals surface area (Å²) in [6, 6.07) is 6.05. The van der Waals surface area contributed by atoms with Crippen LogP contribution >= 0.6 is 31.9 Å². The Bertz CT molecular complexity index is 967. The average Bonchev–Trinajstić information content (AvgIpc) is 3.39. The highest BCUT2D eigenvalue weighted by Gasteiger charge is 2.66. The molecule has 4 rings (SSSR count). The molecule has 2 bridgehead atoms. The molecule has 0 unspecified atom stereocenters. The van der Waals surface area contributed by atoms with Crippen molar-refractivity contribution in [3.63, 3.8) is 0 Å². The Kier molecular flexibility index (Phi) is 6.90. The van der Waals surface area contributed by atoms with E-state index in [1.165, 1.54) is 24.3 Å². The Morgan fingerprint density at radius 3 is 2.12 bits per heavy atom. The number of halogens is 2. The minimum atomic E-state index is -0.831. The number of alkyl halides is 2. The highest BCUT2D eigenvalue weighted by Crippen LogP contribution is 2.60. The predicted molar refractivity (Wildman–Crippen MR) is 123 cm³/mol. The zero-order valence-electron chi connectivity index (χ0n) is 17.7. The molecule has 1 saturated heterocycles. The first-order valence-corrected chi connectivity index (χ1v) is 12.4. The highest BCUT2D eigenvalue weighted by molar-refractivity contribution is 9.12. The van der Waals surface area contributed by atoms with E-state index in [9.17, 15) is 24.0 Å². The van der Waals surface area contributed by atoms with Crippen LogP contribution in [0.3, 0.4) is 0 Å². The summed E-state index contributed by atoms with van der Waals surface area (Å²) >= 11 is 7.23. The Morgan fingerprint density at radius 2 is 1.58 bits per heavy atom. The van der Waals surface area contributed by atoms with Crippen molar-refractivity contribution in [2.24, 2.45) is 23.7 Å². The standard InChI is InChI=1S/C22H22Br2N2O7/c1-2-32-22(31)10-3-5-11(6-4-10)25-14(27)9-33-15(28)8-26-20(29)16-12-7-13(17(16)21(26)30)19(24)18(12)23/h3-6,12-13,16-19H,2,7-9H2,1H3,(H,25,27)/t12-,13-,16-,17-,18+,19+/m1/s1. The second kappa shape index (κ2) is 9.54. The number of ether oxygens (including phenoxy) is 2. The molecule has 176 valence electrons. The third kappa shape index (κ3) is 4.44. The average molecular weight is 586 g/mol. The Balaban J connectivity index is 1.27. The molecule has 3 aliphatic rings. The second-order valence-corrected chi connectivity index (χ2v) is 10.4. The summed E-state index contributed by atoms with van der Waals surface area (Å²) in [4.78, 5) is 62.8. The number of benzene rings is 1. The van der Waals surface area contributed by atoms with Crippen molar-refractivity contribution in [1.82, 2.24) is 4.90 Å². The number of fused-ring (bicyclic) bond motifs is 5. The molecule has 1 aliphatic heterocycles. The molecule has 1 aromatic carbocycles. The number of carbonyl (C=O) groups excluding carboxylic acids is 5. The van der Waals surface area contributed by atoms with Crippen molar-refractivity contribution >= 4 is 67.2 Å². The number of hydrogen-bond donors (Lipinski definition) is 1. The van der Waals surface area contributed by atoms with E-state index in [-0.39, 0.29) is 39.9 Å². The van der Waals surface area contributed by atoms with Gasteiger partial charge in [-0.25, -0.2) is 4.79 Å². The lowest BCUT2D eigenvalue weighted by Gasteiger charge is -2.28. The van der Waals surface area contributed by atoms with Crippen LogP contribution < -0.4 is 5.32 Å². The van der Waals surface area contributed by atoms with Gasteiger partial charge in [-0.3, -0.25) is 24.1 Å². The molecular weight excluding hydrogens is 564 g/mol. The van der Waals surface area contributed by atoms with Gasteiger partial charge in [-0.1, -0.05) is 31.9 Å². The fraction of sp³-hybridized carbons (Fsp3) is 0.500. The van der Waals surface area contributed by atoms with Gasteiger partial charge in [-0.2, -0.15) is 0 Å². The molecule has 6 atom stereocenters. The summed E-state index contributed by atoms with van der Waals surface area (Å²) < 4.78 is 9.87. The third-order valence-electron chi connectivity index (χ3n) is 6.41. The number of anilines is 1. The second-order valence-electron chi connectivity index (χ2n) is 8.27. The minimum absolute atomic E-state index is 0.0582. The van der Waals surface area contributed by atoms with Crippen LogP contribution in [0, 0.1) is 23.7 Å². The van der Waals surface area contributed by atoms with Gasteiger partial charge >= 0.3 is 11.9 Å². The normalized spacial score (nSPS) is 29.7. The van der Waals surface area contributed by atoms with Crippen molar-refractivity contribution in [2.75, 3.05) is 25.1 Å². The van der Waals surface area contributed by atoms with Crippen molar-refractivity contribution in [3.05, 3.63) is 29.8 Å². The summed E-state index contributed by atoms with van der Waals surface area (Å²) in [5.41, 5.74) is 0.753.